The average molecular weight is 450 g/mol. The molecule has 0 atom stereocenters. The fourth-order valence-corrected chi connectivity index (χ4v) is 4.01. The van der Waals surface area contributed by atoms with Crippen molar-refractivity contribution in [2.24, 2.45) is 0 Å². The van der Waals surface area contributed by atoms with Crippen LogP contribution in [0, 0.1) is 0 Å². The van der Waals surface area contributed by atoms with Crippen molar-refractivity contribution in [2.75, 3.05) is 19.0 Å². The van der Waals surface area contributed by atoms with Gasteiger partial charge in [0.15, 0.2) is 5.82 Å². The molecular formula is C23H23N5O3S. The average Bonchev–Trinajstić information content (AvgIpc) is 3.41. The number of carbonyl (C=O) groups is 2. The summed E-state index contributed by atoms with van der Waals surface area (Å²) in [4.78, 5) is 29.6. The van der Waals surface area contributed by atoms with Crippen molar-refractivity contribution < 1.29 is 14.3 Å². The number of aryl methyl sites for hydroxylation is 1. The summed E-state index contributed by atoms with van der Waals surface area (Å²) >= 11 is 1.48. The van der Waals surface area contributed by atoms with Crippen LogP contribution in [0.2, 0.25) is 0 Å². The van der Waals surface area contributed by atoms with Gasteiger partial charge in [-0.2, -0.15) is 4.98 Å². The van der Waals surface area contributed by atoms with Crippen LogP contribution in [-0.4, -0.2) is 40.1 Å². The van der Waals surface area contributed by atoms with E-state index in [2.05, 4.69) is 27.6 Å². The number of nitrogens with one attached hydrogen (secondary N) is 2. The van der Waals surface area contributed by atoms with Crippen LogP contribution in [0.25, 0.3) is 16.3 Å². The van der Waals surface area contributed by atoms with Crippen LogP contribution >= 0.6 is 11.3 Å². The van der Waals surface area contributed by atoms with Gasteiger partial charge in [-0.25, -0.2) is 4.52 Å². The van der Waals surface area contributed by atoms with Crippen molar-refractivity contribution in [2.45, 2.75) is 19.8 Å². The van der Waals surface area contributed by atoms with Crippen LogP contribution in [-0.2, 0) is 22.4 Å². The summed E-state index contributed by atoms with van der Waals surface area (Å²) in [5.74, 6) is 0.0345. The standard InChI is InChI=1S/C23H23N5O3S/c1-3-15-4-8-17(9-5-15)25-22(30)21(29)24-13-12-18-14-32-23-26-20(27-28(18)23)16-6-10-19(31-2)11-7-16/h4-11,14H,3,12-13H2,1-2H3,(H,24,29)(H,25,30). The lowest BCUT2D eigenvalue weighted by molar-refractivity contribution is -0.136. The van der Waals surface area contributed by atoms with Gasteiger partial charge in [0.25, 0.3) is 0 Å². The molecule has 9 heteroatoms. The quantitative estimate of drug-likeness (QED) is 0.422. The van der Waals surface area contributed by atoms with E-state index in [9.17, 15) is 9.59 Å². The Morgan fingerprint density at radius 1 is 1.06 bits per heavy atom. The Bertz CT molecular complexity index is 1230. The molecule has 2 aromatic carbocycles. The van der Waals surface area contributed by atoms with Gasteiger partial charge < -0.3 is 15.4 Å². The van der Waals surface area contributed by atoms with Crippen molar-refractivity contribution in [1.29, 1.82) is 0 Å². The molecular weight excluding hydrogens is 426 g/mol. The maximum atomic E-state index is 12.1. The number of aromatic nitrogens is 3. The molecule has 2 heterocycles. The van der Waals surface area contributed by atoms with E-state index in [-0.39, 0.29) is 0 Å². The first-order valence-corrected chi connectivity index (χ1v) is 11.1. The van der Waals surface area contributed by atoms with Gasteiger partial charge in [-0.1, -0.05) is 19.1 Å². The lowest BCUT2D eigenvalue weighted by atomic mass is 10.1. The molecule has 8 nitrogen and oxygen atoms in total. The maximum Gasteiger partial charge on any atom is 0.313 e. The van der Waals surface area contributed by atoms with Gasteiger partial charge in [0, 0.05) is 29.6 Å². The fourth-order valence-electron chi connectivity index (χ4n) is 3.16. The van der Waals surface area contributed by atoms with Crippen molar-refractivity contribution in [1.82, 2.24) is 19.9 Å². The minimum absolute atomic E-state index is 0.310. The number of thiazole rings is 1. The first kappa shape index (κ1) is 21.5. The molecule has 4 rings (SSSR count). The molecule has 32 heavy (non-hydrogen) atoms. The molecule has 0 radical (unpaired) electrons. The van der Waals surface area contributed by atoms with Gasteiger partial charge >= 0.3 is 11.8 Å². The number of hydrogen-bond acceptors (Lipinski definition) is 6. The third kappa shape index (κ3) is 4.78. The summed E-state index contributed by atoms with van der Waals surface area (Å²) < 4.78 is 6.95. The van der Waals surface area contributed by atoms with E-state index >= 15 is 0 Å². The number of methoxy groups -OCH3 is 1. The number of rotatable bonds is 7. The number of carbonyl (C=O) groups excluding carboxylic acids is 2. The first-order valence-electron chi connectivity index (χ1n) is 10.2. The third-order valence-electron chi connectivity index (χ3n) is 4.99. The van der Waals surface area contributed by atoms with E-state index < -0.39 is 11.8 Å². The van der Waals surface area contributed by atoms with E-state index in [1.807, 2.05) is 41.8 Å². The summed E-state index contributed by atoms with van der Waals surface area (Å²) in [6.07, 6.45) is 1.44. The van der Waals surface area contributed by atoms with E-state index in [0.717, 1.165) is 34.0 Å². The Labute approximate surface area is 189 Å². The van der Waals surface area contributed by atoms with Crippen LogP contribution in [0.4, 0.5) is 5.69 Å². The Balaban J connectivity index is 1.33. The molecule has 2 aromatic heterocycles. The highest BCUT2D eigenvalue weighted by Gasteiger charge is 2.15. The van der Waals surface area contributed by atoms with Crippen LogP contribution in [0.5, 0.6) is 5.75 Å². The molecule has 0 spiro atoms. The molecule has 4 aromatic rings. The van der Waals surface area contributed by atoms with Crippen LogP contribution in [0.1, 0.15) is 18.2 Å². The normalized spacial score (nSPS) is 10.8. The Hall–Kier alpha value is -3.72. The predicted molar refractivity (Wildman–Crippen MR) is 124 cm³/mol. The molecule has 0 aliphatic heterocycles. The predicted octanol–water partition coefficient (Wildman–Crippen LogP) is 3.33. The van der Waals surface area contributed by atoms with Gasteiger partial charge in [-0.05, 0) is 48.4 Å². The lowest BCUT2D eigenvalue weighted by Crippen LogP contribution is -2.36. The molecule has 0 saturated carbocycles. The molecule has 0 unspecified atom stereocenters. The van der Waals surface area contributed by atoms with Crippen molar-refractivity contribution in [3.05, 3.63) is 65.2 Å². The molecule has 0 saturated heterocycles. The molecule has 2 N–H and O–H groups in total. The van der Waals surface area contributed by atoms with Crippen LogP contribution in [0.15, 0.2) is 53.9 Å². The van der Waals surface area contributed by atoms with Crippen LogP contribution < -0.4 is 15.4 Å². The fraction of sp³-hybridized carbons (Fsp3) is 0.217. The number of nitrogens with zero attached hydrogens (tertiary/aromatic N) is 3. The zero-order valence-electron chi connectivity index (χ0n) is 17.8. The van der Waals surface area contributed by atoms with Gasteiger partial charge in [-0.3, -0.25) is 9.59 Å². The van der Waals surface area contributed by atoms with Crippen LogP contribution in [0.3, 0.4) is 0 Å². The smallest absolute Gasteiger partial charge is 0.313 e. The number of amides is 2. The topological polar surface area (TPSA) is 97.6 Å². The van der Waals surface area contributed by atoms with E-state index in [0.29, 0.717) is 24.5 Å². The largest absolute Gasteiger partial charge is 0.497 e. The summed E-state index contributed by atoms with van der Waals surface area (Å²) in [7, 11) is 1.62. The molecule has 0 aliphatic carbocycles. The molecule has 0 bridgehead atoms. The summed E-state index contributed by atoms with van der Waals surface area (Å²) in [6, 6.07) is 15.0. The minimum Gasteiger partial charge on any atom is -0.497 e. The Kier molecular flexibility index (Phi) is 6.46. The second-order valence-electron chi connectivity index (χ2n) is 7.10. The Morgan fingerprint density at radius 3 is 2.50 bits per heavy atom. The number of benzene rings is 2. The van der Waals surface area contributed by atoms with Gasteiger partial charge in [-0.15, -0.1) is 16.4 Å². The second-order valence-corrected chi connectivity index (χ2v) is 7.93. The highest BCUT2D eigenvalue weighted by Crippen LogP contribution is 2.23. The third-order valence-corrected chi connectivity index (χ3v) is 5.86. The summed E-state index contributed by atoms with van der Waals surface area (Å²) in [5, 5.41) is 11.8. The van der Waals surface area contributed by atoms with Crippen molar-refractivity contribution >= 4 is 33.8 Å². The number of fused-ring (bicyclic) bond motifs is 1. The van der Waals surface area contributed by atoms with E-state index in [1.165, 1.54) is 11.3 Å². The maximum absolute atomic E-state index is 12.1. The minimum atomic E-state index is -0.688. The number of ether oxygens (including phenoxy) is 1. The highest BCUT2D eigenvalue weighted by atomic mass is 32.1. The summed E-state index contributed by atoms with van der Waals surface area (Å²) in [6.45, 7) is 2.37. The SMILES string of the molecule is CCc1ccc(NC(=O)C(=O)NCCc2csc3nc(-c4ccc(OC)cc4)nn23)cc1. The molecule has 2 amide bonds. The second kappa shape index (κ2) is 9.61. The zero-order valence-corrected chi connectivity index (χ0v) is 18.6. The lowest BCUT2D eigenvalue weighted by Gasteiger charge is -2.07. The van der Waals surface area contributed by atoms with Gasteiger partial charge in [0.05, 0.1) is 12.8 Å². The summed E-state index contributed by atoms with van der Waals surface area (Å²) in [5.41, 5.74) is 3.56. The van der Waals surface area contributed by atoms with Gasteiger partial charge in [0.2, 0.25) is 4.96 Å². The molecule has 164 valence electrons. The van der Waals surface area contributed by atoms with Crippen molar-refractivity contribution in [3.63, 3.8) is 0 Å². The molecule has 0 aliphatic rings. The first-order chi connectivity index (χ1) is 15.6. The van der Waals surface area contributed by atoms with E-state index in [1.54, 1.807) is 23.8 Å². The number of hydrogen-bond donors (Lipinski definition) is 2. The monoisotopic (exact) mass is 449 g/mol. The molecule has 0 fully saturated rings. The number of anilines is 1. The Morgan fingerprint density at radius 2 is 1.81 bits per heavy atom. The van der Waals surface area contributed by atoms with Crippen molar-refractivity contribution in [3.8, 4) is 17.1 Å². The zero-order chi connectivity index (χ0) is 22.5. The highest BCUT2D eigenvalue weighted by molar-refractivity contribution is 7.15. The van der Waals surface area contributed by atoms with Gasteiger partial charge in [0.1, 0.15) is 5.75 Å². The van der Waals surface area contributed by atoms with E-state index in [4.69, 9.17) is 4.74 Å².